The summed E-state index contributed by atoms with van der Waals surface area (Å²) in [6.45, 7) is 3.40. The lowest BCUT2D eigenvalue weighted by Gasteiger charge is -2.21. The van der Waals surface area contributed by atoms with Crippen LogP contribution >= 0.6 is 22.9 Å². The lowest BCUT2D eigenvalue weighted by Crippen LogP contribution is -2.48. The molecular weight excluding hydrogens is 558 g/mol. The second-order valence-electron chi connectivity index (χ2n) is 9.46. The van der Waals surface area contributed by atoms with Crippen molar-refractivity contribution >= 4 is 71.3 Å². The van der Waals surface area contributed by atoms with Gasteiger partial charge in [-0.2, -0.15) is 0 Å². The zero-order chi connectivity index (χ0) is 27.8. The number of hydrogen-bond donors (Lipinski definition) is 2. The lowest BCUT2D eigenvalue weighted by atomic mass is 10.2. The van der Waals surface area contributed by atoms with Crippen LogP contribution in [0.3, 0.4) is 0 Å². The molecule has 0 saturated carbocycles. The van der Waals surface area contributed by atoms with Gasteiger partial charge in [0.25, 0.3) is 0 Å². The van der Waals surface area contributed by atoms with Gasteiger partial charge in [0.1, 0.15) is 28.1 Å². The Labute approximate surface area is 234 Å². The molecule has 2 aromatic carbocycles. The number of benzene rings is 2. The number of carbonyl (C=O) groups excluding carboxylic acids is 1. The first-order valence-corrected chi connectivity index (χ1v) is 15.2. The molecule has 0 aliphatic heterocycles. The van der Waals surface area contributed by atoms with Crippen molar-refractivity contribution < 1.29 is 17.9 Å². The number of nitrogens with one attached hydrogen (secondary N) is 2. The first-order chi connectivity index (χ1) is 18.5. The second kappa shape index (κ2) is 10.5. The van der Waals surface area contributed by atoms with E-state index >= 15 is 0 Å². The molecule has 0 atom stereocenters. The van der Waals surface area contributed by atoms with Crippen LogP contribution in [0.4, 0.5) is 11.5 Å². The van der Waals surface area contributed by atoms with Crippen LogP contribution in [0.5, 0.6) is 11.5 Å². The molecule has 0 aliphatic carbocycles. The highest BCUT2D eigenvalue weighted by Gasteiger charge is 2.38. The summed E-state index contributed by atoms with van der Waals surface area (Å²) in [6.07, 6.45) is 4.36. The lowest BCUT2D eigenvalue weighted by molar-refractivity contribution is -0.122. The van der Waals surface area contributed by atoms with Crippen LogP contribution in [0.25, 0.3) is 21.1 Å². The number of ether oxygens (including phenoxy) is 1. The monoisotopic (exact) mass is 583 g/mol. The molecule has 3 heterocycles. The van der Waals surface area contributed by atoms with Gasteiger partial charge in [0.05, 0.1) is 10.5 Å². The zero-order valence-electron chi connectivity index (χ0n) is 21.4. The van der Waals surface area contributed by atoms with Gasteiger partial charge in [-0.3, -0.25) is 4.79 Å². The fourth-order valence-electron chi connectivity index (χ4n) is 3.95. The SMILES string of the molecule is CC(C)(C(=O)NCCn1ccc2ncnc(Nc3ccc(Oc4cccc5sccc45)c(Cl)c3)c21)S(C)(=O)=O. The predicted molar refractivity (Wildman–Crippen MR) is 156 cm³/mol. The Bertz CT molecular complexity index is 1800. The van der Waals surface area contributed by atoms with E-state index < -0.39 is 20.5 Å². The minimum atomic E-state index is -3.56. The van der Waals surface area contributed by atoms with Crippen molar-refractivity contribution in [3.05, 3.63) is 71.5 Å². The third-order valence-electron chi connectivity index (χ3n) is 6.53. The Kier molecular flexibility index (Phi) is 7.23. The highest BCUT2D eigenvalue weighted by Crippen LogP contribution is 2.37. The Morgan fingerprint density at radius 1 is 1.13 bits per heavy atom. The molecule has 3 aromatic heterocycles. The molecule has 0 saturated heterocycles. The minimum absolute atomic E-state index is 0.227. The van der Waals surface area contributed by atoms with Crippen molar-refractivity contribution in [3.8, 4) is 11.5 Å². The fraction of sp³-hybridized carbons (Fsp3) is 0.222. The largest absolute Gasteiger partial charge is 0.455 e. The van der Waals surface area contributed by atoms with E-state index in [-0.39, 0.29) is 6.54 Å². The van der Waals surface area contributed by atoms with E-state index in [1.54, 1.807) is 23.5 Å². The number of nitrogens with zero attached hydrogens (tertiary/aromatic N) is 3. The number of hydrogen-bond acceptors (Lipinski definition) is 8. The molecule has 5 rings (SSSR count). The van der Waals surface area contributed by atoms with E-state index in [2.05, 4.69) is 20.6 Å². The van der Waals surface area contributed by atoms with E-state index in [9.17, 15) is 13.2 Å². The van der Waals surface area contributed by atoms with E-state index in [0.29, 0.717) is 34.3 Å². The van der Waals surface area contributed by atoms with Crippen LogP contribution in [0.15, 0.2) is 66.4 Å². The highest BCUT2D eigenvalue weighted by molar-refractivity contribution is 7.92. The van der Waals surface area contributed by atoms with Crippen LogP contribution in [-0.2, 0) is 21.2 Å². The van der Waals surface area contributed by atoms with Crippen LogP contribution in [0.1, 0.15) is 13.8 Å². The van der Waals surface area contributed by atoms with Crippen molar-refractivity contribution in [1.82, 2.24) is 19.9 Å². The number of carbonyl (C=O) groups is 1. The standard InChI is InChI=1S/C27H26ClN5O4S2/c1-27(2,39(3,35)36)26(34)29-11-13-33-12-9-20-24(33)25(31-16-30-20)32-17-7-8-22(19(28)15-17)37-21-5-4-6-23-18(21)10-14-38-23/h4-10,12,14-16H,11,13H2,1-3H3,(H,29,34)(H,30,31,32). The maximum absolute atomic E-state index is 12.5. The summed E-state index contributed by atoms with van der Waals surface area (Å²) in [4.78, 5) is 21.2. The number of anilines is 2. The molecule has 0 spiro atoms. The molecule has 0 unspecified atom stereocenters. The average Bonchev–Trinajstić information content (AvgIpc) is 3.53. The normalized spacial score (nSPS) is 12.1. The fourth-order valence-corrected chi connectivity index (χ4v) is 5.38. The van der Waals surface area contributed by atoms with Crippen molar-refractivity contribution in [3.63, 3.8) is 0 Å². The van der Waals surface area contributed by atoms with Gasteiger partial charge >= 0.3 is 0 Å². The first kappa shape index (κ1) is 26.9. The van der Waals surface area contributed by atoms with Gasteiger partial charge in [0.2, 0.25) is 5.91 Å². The summed E-state index contributed by atoms with van der Waals surface area (Å²) in [6, 6.07) is 15.2. The van der Waals surface area contributed by atoms with Crippen molar-refractivity contribution in [2.75, 3.05) is 18.1 Å². The Balaban J connectivity index is 1.32. The predicted octanol–water partition coefficient (Wildman–Crippen LogP) is 5.77. The van der Waals surface area contributed by atoms with Gasteiger partial charge in [-0.25, -0.2) is 18.4 Å². The number of fused-ring (bicyclic) bond motifs is 2. The van der Waals surface area contributed by atoms with Crippen molar-refractivity contribution in [1.29, 1.82) is 0 Å². The van der Waals surface area contributed by atoms with Crippen molar-refractivity contribution in [2.45, 2.75) is 25.1 Å². The van der Waals surface area contributed by atoms with Gasteiger partial charge in [-0.1, -0.05) is 17.7 Å². The molecule has 0 fully saturated rings. The van der Waals surface area contributed by atoms with Crippen LogP contribution in [-0.4, -0.2) is 46.4 Å². The van der Waals surface area contributed by atoms with Gasteiger partial charge < -0.3 is 19.9 Å². The van der Waals surface area contributed by atoms with Gasteiger partial charge in [-0.15, -0.1) is 11.3 Å². The molecule has 39 heavy (non-hydrogen) atoms. The van der Waals surface area contributed by atoms with E-state index in [4.69, 9.17) is 16.3 Å². The number of halogens is 1. The first-order valence-electron chi connectivity index (χ1n) is 12.0. The maximum Gasteiger partial charge on any atom is 0.240 e. The summed E-state index contributed by atoms with van der Waals surface area (Å²) < 4.78 is 31.5. The molecule has 0 aliphatic rings. The molecule has 12 heteroatoms. The number of aromatic nitrogens is 3. The van der Waals surface area contributed by atoms with Crippen molar-refractivity contribution in [2.24, 2.45) is 0 Å². The third kappa shape index (κ3) is 5.42. The summed E-state index contributed by atoms with van der Waals surface area (Å²) >= 11 is 8.23. The molecule has 5 aromatic rings. The van der Waals surface area contributed by atoms with Gasteiger partial charge in [0.15, 0.2) is 15.7 Å². The minimum Gasteiger partial charge on any atom is -0.455 e. The molecular formula is C27H26ClN5O4S2. The number of amides is 1. The van der Waals surface area contributed by atoms with Crippen LogP contribution in [0, 0.1) is 0 Å². The number of thiophene rings is 1. The summed E-state index contributed by atoms with van der Waals surface area (Å²) in [5.74, 6) is 1.27. The van der Waals surface area contributed by atoms with Gasteiger partial charge in [-0.05, 0) is 61.7 Å². The summed E-state index contributed by atoms with van der Waals surface area (Å²) in [5, 5.41) is 9.50. The average molecular weight is 584 g/mol. The Morgan fingerprint density at radius 3 is 2.72 bits per heavy atom. The molecule has 202 valence electrons. The summed E-state index contributed by atoms with van der Waals surface area (Å²) in [7, 11) is -3.56. The van der Waals surface area contributed by atoms with Gasteiger partial charge in [0, 0.05) is 41.3 Å². The van der Waals surface area contributed by atoms with E-state index in [1.165, 1.54) is 20.2 Å². The summed E-state index contributed by atoms with van der Waals surface area (Å²) in [5.41, 5.74) is 2.15. The Morgan fingerprint density at radius 2 is 1.95 bits per heavy atom. The van der Waals surface area contributed by atoms with E-state index in [0.717, 1.165) is 27.6 Å². The quantitative estimate of drug-likeness (QED) is 0.226. The zero-order valence-corrected chi connectivity index (χ0v) is 23.8. The smallest absolute Gasteiger partial charge is 0.240 e. The molecule has 0 bridgehead atoms. The molecule has 2 N–H and O–H groups in total. The highest BCUT2D eigenvalue weighted by atomic mass is 35.5. The topological polar surface area (TPSA) is 115 Å². The van der Waals surface area contributed by atoms with Crippen LogP contribution in [0.2, 0.25) is 5.02 Å². The molecule has 0 radical (unpaired) electrons. The Hall–Kier alpha value is -3.67. The second-order valence-corrected chi connectivity index (χ2v) is 13.4. The molecule has 9 nitrogen and oxygen atoms in total. The number of sulfone groups is 1. The third-order valence-corrected chi connectivity index (χ3v) is 9.75. The van der Waals surface area contributed by atoms with Crippen LogP contribution < -0.4 is 15.4 Å². The number of rotatable bonds is 9. The maximum atomic E-state index is 12.5. The molecule has 1 amide bonds. The van der Waals surface area contributed by atoms with E-state index in [1.807, 2.05) is 52.5 Å².